The van der Waals surface area contributed by atoms with Gasteiger partial charge in [0.2, 0.25) is 0 Å². The Morgan fingerprint density at radius 3 is 2.12 bits per heavy atom. The van der Waals surface area contributed by atoms with Crippen LogP contribution in [-0.2, 0) is 0 Å². The molecule has 0 amide bonds. The quantitative estimate of drug-likeness (QED) is 0.520. The Morgan fingerprint density at radius 2 is 2.00 bits per heavy atom. The molecule has 0 heterocycles. The number of alkyl halides is 1. The molecule has 49 valence electrons. The highest BCUT2D eigenvalue weighted by Crippen LogP contribution is 2.13. The Balaban J connectivity index is 3.17. The summed E-state index contributed by atoms with van der Waals surface area (Å²) in [5.41, 5.74) is 0. The summed E-state index contributed by atoms with van der Waals surface area (Å²) in [4.78, 5) is 0. The van der Waals surface area contributed by atoms with Gasteiger partial charge in [-0.05, 0) is 18.8 Å². The van der Waals surface area contributed by atoms with E-state index in [1.165, 1.54) is 0 Å². The maximum absolute atomic E-state index is 5.88. The van der Waals surface area contributed by atoms with Crippen molar-refractivity contribution in [3.8, 4) is 0 Å². The third kappa shape index (κ3) is 3.31. The Morgan fingerprint density at radius 1 is 1.50 bits per heavy atom. The summed E-state index contributed by atoms with van der Waals surface area (Å²) in [5.74, 6) is 0.605. The zero-order valence-corrected chi connectivity index (χ0v) is 6.57. The minimum absolute atomic E-state index is 0.333. The van der Waals surface area contributed by atoms with E-state index >= 15 is 0 Å². The first-order valence-corrected chi connectivity index (χ1v) is 3.54. The summed E-state index contributed by atoms with van der Waals surface area (Å²) in [6.45, 7) is 6.32. The van der Waals surface area contributed by atoms with Crippen molar-refractivity contribution in [1.82, 2.24) is 0 Å². The first-order valence-electron chi connectivity index (χ1n) is 3.10. The molecule has 1 atom stereocenters. The highest BCUT2D eigenvalue weighted by atomic mass is 35.5. The topological polar surface area (TPSA) is 0 Å². The predicted octanol–water partition coefficient (Wildman–Crippen LogP) is 2.86. The molecule has 0 rings (SSSR count). The average molecular weight is 134 g/mol. The molecule has 0 N–H and O–H groups in total. The summed E-state index contributed by atoms with van der Waals surface area (Å²) in [6.07, 6.45) is 3.14. The lowest BCUT2D eigenvalue weighted by atomic mass is 10.1. The molecule has 0 fully saturated rings. The van der Waals surface area contributed by atoms with Gasteiger partial charge in [0.15, 0.2) is 0 Å². The second kappa shape index (κ2) is 4.20. The summed E-state index contributed by atoms with van der Waals surface area (Å²) < 4.78 is 0. The monoisotopic (exact) mass is 133 g/mol. The van der Waals surface area contributed by atoms with Gasteiger partial charge in [-0.1, -0.05) is 20.8 Å². The zero-order chi connectivity index (χ0) is 6.57. The Bertz CT molecular complexity index is 50.3. The first kappa shape index (κ1) is 8.29. The van der Waals surface area contributed by atoms with Crippen molar-refractivity contribution < 1.29 is 0 Å². The van der Waals surface area contributed by atoms with Crippen LogP contribution >= 0.6 is 11.6 Å². The van der Waals surface area contributed by atoms with E-state index in [-0.39, 0.29) is 0 Å². The molecule has 0 saturated carbocycles. The molecular weight excluding hydrogens is 120 g/mol. The van der Waals surface area contributed by atoms with E-state index in [0.717, 1.165) is 6.42 Å². The smallest absolute Gasteiger partial charge is 0.0361 e. The lowest BCUT2D eigenvalue weighted by molar-refractivity contribution is 0.592. The molecule has 0 aromatic heterocycles. The van der Waals surface area contributed by atoms with E-state index in [4.69, 9.17) is 11.6 Å². The van der Waals surface area contributed by atoms with E-state index in [1.54, 1.807) is 0 Å². The van der Waals surface area contributed by atoms with Crippen LogP contribution in [0.1, 0.15) is 27.2 Å². The molecule has 0 nitrogen and oxygen atoms in total. The summed E-state index contributed by atoms with van der Waals surface area (Å²) in [7, 11) is 0. The molecule has 0 bridgehead atoms. The van der Waals surface area contributed by atoms with Gasteiger partial charge in [-0.15, -0.1) is 11.6 Å². The second-order valence-electron chi connectivity index (χ2n) is 2.40. The van der Waals surface area contributed by atoms with Crippen LogP contribution in [0.3, 0.4) is 0 Å². The van der Waals surface area contributed by atoms with Crippen LogP contribution in [0.5, 0.6) is 0 Å². The summed E-state index contributed by atoms with van der Waals surface area (Å²) in [5, 5.41) is 0.333. The molecule has 0 aliphatic heterocycles. The van der Waals surface area contributed by atoms with Crippen molar-refractivity contribution in [3.63, 3.8) is 0 Å². The number of hydrogen-bond donors (Lipinski definition) is 0. The fourth-order valence-electron chi connectivity index (χ4n) is 0.497. The van der Waals surface area contributed by atoms with Crippen molar-refractivity contribution in [2.75, 3.05) is 0 Å². The average Bonchev–Trinajstić information content (AvgIpc) is 1.67. The molecule has 0 aromatic carbocycles. The lowest BCUT2D eigenvalue weighted by Gasteiger charge is -2.10. The van der Waals surface area contributed by atoms with Gasteiger partial charge in [0.1, 0.15) is 0 Å². The van der Waals surface area contributed by atoms with Crippen LogP contribution in [0, 0.1) is 12.3 Å². The maximum Gasteiger partial charge on any atom is 0.0361 e. The third-order valence-electron chi connectivity index (χ3n) is 1.18. The highest BCUT2D eigenvalue weighted by molar-refractivity contribution is 6.20. The van der Waals surface area contributed by atoms with Gasteiger partial charge in [-0.25, -0.2) is 0 Å². The largest absolute Gasteiger partial charge is 0.123 e. The summed E-state index contributed by atoms with van der Waals surface area (Å²) in [6, 6.07) is 0. The van der Waals surface area contributed by atoms with Gasteiger partial charge >= 0.3 is 0 Å². The lowest BCUT2D eigenvalue weighted by Crippen LogP contribution is -2.06. The van der Waals surface area contributed by atoms with Crippen LogP contribution in [-0.4, -0.2) is 5.38 Å². The molecule has 0 spiro atoms. The van der Waals surface area contributed by atoms with Gasteiger partial charge in [-0.2, -0.15) is 0 Å². The molecule has 1 heteroatoms. The van der Waals surface area contributed by atoms with Gasteiger partial charge < -0.3 is 0 Å². The molecule has 0 saturated heterocycles. The van der Waals surface area contributed by atoms with Crippen molar-refractivity contribution in [2.45, 2.75) is 32.6 Å². The fraction of sp³-hybridized carbons (Fsp3) is 0.857. The normalized spacial score (nSPS) is 14.6. The van der Waals surface area contributed by atoms with Crippen LogP contribution in [0.25, 0.3) is 0 Å². The first-order chi connectivity index (χ1) is 3.68. The van der Waals surface area contributed by atoms with Crippen molar-refractivity contribution in [3.05, 3.63) is 6.42 Å². The number of halogens is 1. The molecule has 1 unspecified atom stereocenters. The molecule has 1 radical (unpaired) electrons. The molecule has 0 aromatic rings. The molecule has 8 heavy (non-hydrogen) atoms. The van der Waals surface area contributed by atoms with Gasteiger partial charge in [0.25, 0.3) is 0 Å². The van der Waals surface area contributed by atoms with Crippen molar-refractivity contribution in [1.29, 1.82) is 0 Å². The van der Waals surface area contributed by atoms with E-state index in [0.29, 0.717) is 11.3 Å². The van der Waals surface area contributed by atoms with Crippen LogP contribution < -0.4 is 0 Å². The second-order valence-corrected chi connectivity index (χ2v) is 2.96. The van der Waals surface area contributed by atoms with E-state index in [1.807, 2.05) is 6.92 Å². The maximum atomic E-state index is 5.88. The Labute approximate surface area is 57.2 Å². The number of rotatable bonds is 3. The predicted molar refractivity (Wildman–Crippen MR) is 39.1 cm³/mol. The Hall–Kier alpha value is 0.290. The van der Waals surface area contributed by atoms with Crippen LogP contribution in [0.4, 0.5) is 0 Å². The van der Waals surface area contributed by atoms with Gasteiger partial charge in [0, 0.05) is 5.38 Å². The Kier molecular flexibility index (Phi) is 4.35. The highest BCUT2D eigenvalue weighted by Gasteiger charge is 2.06. The fourth-order valence-corrected chi connectivity index (χ4v) is 0.676. The van der Waals surface area contributed by atoms with Crippen molar-refractivity contribution >= 4 is 11.6 Å². The molecule has 0 aliphatic rings. The van der Waals surface area contributed by atoms with E-state index < -0.39 is 0 Å². The van der Waals surface area contributed by atoms with E-state index in [9.17, 15) is 0 Å². The van der Waals surface area contributed by atoms with E-state index in [2.05, 4.69) is 20.3 Å². The standard InChI is InChI=1S/C7H14Cl/c1-4-5-7(8)6(2)3/h4,6-7H,5H2,1-3H3. The summed E-state index contributed by atoms with van der Waals surface area (Å²) >= 11 is 5.88. The molecule has 0 aliphatic carbocycles. The van der Waals surface area contributed by atoms with Crippen LogP contribution in [0.15, 0.2) is 0 Å². The van der Waals surface area contributed by atoms with Gasteiger partial charge in [0.05, 0.1) is 0 Å². The minimum Gasteiger partial charge on any atom is -0.123 e. The van der Waals surface area contributed by atoms with Gasteiger partial charge in [-0.3, -0.25) is 0 Å². The van der Waals surface area contributed by atoms with Crippen LogP contribution in [0.2, 0.25) is 0 Å². The SMILES string of the molecule is C[CH]CC(Cl)C(C)C. The third-order valence-corrected chi connectivity index (χ3v) is 1.87. The van der Waals surface area contributed by atoms with Crippen molar-refractivity contribution in [2.24, 2.45) is 5.92 Å². The number of hydrogen-bond acceptors (Lipinski definition) is 0. The minimum atomic E-state index is 0.333. The zero-order valence-electron chi connectivity index (χ0n) is 5.82. The molecular formula is C7H14Cl.